The molecule has 0 spiro atoms. The number of Topliss-reactive ketones (excluding diaryl/α,β-unsaturated/α-hetero) is 1. The molecule has 5 nitrogen and oxygen atoms in total. The molecule has 1 saturated heterocycles. The Kier molecular flexibility index (Phi) is 9.89. The van der Waals surface area contributed by atoms with E-state index in [-0.39, 0.29) is 16.9 Å². The number of ether oxygens (including phenoxy) is 2. The van der Waals surface area contributed by atoms with Crippen LogP contribution >= 0.6 is 0 Å². The van der Waals surface area contributed by atoms with Crippen LogP contribution in [0.3, 0.4) is 0 Å². The number of rotatable bonds is 10. The molecule has 2 aliphatic rings. The molecule has 0 saturated carbocycles. The van der Waals surface area contributed by atoms with Gasteiger partial charge in [-0.1, -0.05) is 103 Å². The number of allylic oxidation sites excluding steroid dienone is 2. The van der Waals surface area contributed by atoms with Crippen molar-refractivity contribution in [1.29, 1.82) is 0 Å². The summed E-state index contributed by atoms with van der Waals surface area (Å²) in [6.45, 7) is 2.54. The Labute approximate surface area is 271 Å². The largest absolute Gasteiger partial charge is 0.492 e. The van der Waals surface area contributed by atoms with Crippen LogP contribution in [0.15, 0.2) is 132 Å². The fourth-order valence-corrected chi connectivity index (χ4v) is 6.25. The molecule has 0 radical (unpaired) electrons. The first-order valence-electron chi connectivity index (χ1n) is 16.1. The lowest BCUT2D eigenvalue weighted by molar-refractivity contribution is -0.135. The minimum absolute atomic E-state index is 0.148. The van der Waals surface area contributed by atoms with Gasteiger partial charge >= 0.3 is 5.97 Å². The minimum Gasteiger partial charge on any atom is -0.492 e. The number of methoxy groups -OCH3 is 1. The van der Waals surface area contributed by atoms with Gasteiger partial charge in [0.15, 0.2) is 5.78 Å². The highest BCUT2D eigenvalue weighted by atomic mass is 16.5. The van der Waals surface area contributed by atoms with Gasteiger partial charge in [0.1, 0.15) is 11.3 Å². The zero-order valence-corrected chi connectivity index (χ0v) is 26.3. The Morgan fingerprint density at radius 1 is 0.761 bits per heavy atom. The second kappa shape index (κ2) is 14.7. The van der Waals surface area contributed by atoms with Gasteiger partial charge in [0.2, 0.25) is 0 Å². The standard InChI is InChI=1S/C41H39NO4/c1-45-41(44)38-37(39(43)35-19-9-10-20-36(35)40(38)46-29-13-16-30-14-5-2-6-15-30)26-25-34(31-17-7-3-8-18-31)32-21-23-33(24-22-32)42-27-11-4-12-28-42/h2-3,5-10,14-15,17-26H,4,11-13,16,27-29H2,1H3/b34-25+,37-26-. The maximum atomic E-state index is 14.0. The number of piperidine rings is 1. The molecule has 1 aliphatic carbocycles. The van der Waals surface area contributed by atoms with Gasteiger partial charge < -0.3 is 14.4 Å². The van der Waals surface area contributed by atoms with Crippen molar-refractivity contribution in [3.63, 3.8) is 0 Å². The summed E-state index contributed by atoms with van der Waals surface area (Å²) in [6.07, 6.45) is 9.00. The van der Waals surface area contributed by atoms with E-state index in [4.69, 9.17) is 9.47 Å². The topological polar surface area (TPSA) is 55.8 Å². The highest BCUT2D eigenvalue weighted by molar-refractivity contribution is 6.24. The Hall–Kier alpha value is -5.16. The molecule has 4 aromatic rings. The second-order valence-corrected chi connectivity index (χ2v) is 11.6. The van der Waals surface area contributed by atoms with Gasteiger partial charge in [-0.05, 0) is 72.6 Å². The Balaban J connectivity index is 1.39. The lowest BCUT2D eigenvalue weighted by Crippen LogP contribution is -2.29. The summed E-state index contributed by atoms with van der Waals surface area (Å²) in [5.74, 6) is -0.466. The number of hydrogen-bond acceptors (Lipinski definition) is 5. The van der Waals surface area contributed by atoms with Gasteiger partial charge in [-0.3, -0.25) is 4.79 Å². The number of hydrogen-bond donors (Lipinski definition) is 0. The van der Waals surface area contributed by atoms with E-state index < -0.39 is 5.97 Å². The number of carbonyl (C=O) groups excluding carboxylic acids is 2. The van der Waals surface area contributed by atoms with Crippen LogP contribution in [-0.2, 0) is 20.7 Å². The van der Waals surface area contributed by atoms with E-state index >= 15 is 0 Å². The lowest BCUT2D eigenvalue weighted by Gasteiger charge is -2.29. The number of ketones is 1. The predicted molar refractivity (Wildman–Crippen MR) is 185 cm³/mol. The van der Waals surface area contributed by atoms with Gasteiger partial charge in [0, 0.05) is 35.5 Å². The van der Waals surface area contributed by atoms with Gasteiger partial charge in [-0.25, -0.2) is 4.79 Å². The van der Waals surface area contributed by atoms with Crippen LogP contribution < -0.4 is 4.90 Å². The molecule has 0 amide bonds. The third-order valence-electron chi connectivity index (χ3n) is 8.65. The molecule has 6 rings (SSSR count). The number of benzene rings is 4. The fraction of sp³-hybridized carbons (Fsp3) is 0.220. The molecule has 0 unspecified atom stereocenters. The average Bonchev–Trinajstić information content (AvgIpc) is 3.12. The summed E-state index contributed by atoms with van der Waals surface area (Å²) >= 11 is 0. The number of fused-ring (bicyclic) bond motifs is 1. The Morgan fingerprint density at radius 3 is 2.09 bits per heavy atom. The first-order valence-corrected chi connectivity index (χ1v) is 16.1. The zero-order chi connectivity index (χ0) is 31.7. The van der Waals surface area contributed by atoms with Crippen molar-refractivity contribution in [3.05, 3.63) is 160 Å². The lowest BCUT2D eigenvalue weighted by atomic mass is 9.84. The summed E-state index contributed by atoms with van der Waals surface area (Å²) in [6, 6.07) is 36.2. The van der Waals surface area contributed by atoms with Crippen LogP contribution in [0, 0.1) is 0 Å². The van der Waals surface area contributed by atoms with Crippen molar-refractivity contribution in [1.82, 2.24) is 0 Å². The summed E-state index contributed by atoms with van der Waals surface area (Å²) < 4.78 is 11.6. The van der Waals surface area contributed by atoms with Gasteiger partial charge in [-0.2, -0.15) is 0 Å². The SMILES string of the molecule is COC(=O)C1=C(OCCCc2ccccc2)c2ccccc2C(=O)/C1=C\C=C(/c1ccccc1)c1ccc(N2CCCCC2)cc1. The molecule has 1 aliphatic heterocycles. The molecule has 0 bridgehead atoms. The molecular weight excluding hydrogens is 570 g/mol. The molecule has 1 fully saturated rings. The smallest absolute Gasteiger partial charge is 0.342 e. The van der Waals surface area contributed by atoms with Crippen molar-refractivity contribution >= 4 is 28.8 Å². The molecular formula is C41H39NO4. The fourth-order valence-electron chi connectivity index (χ4n) is 6.25. The normalized spacial score (nSPS) is 15.9. The molecule has 46 heavy (non-hydrogen) atoms. The number of carbonyl (C=O) groups is 2. The summed E-state index contributed by atoms with van der Waals surface area (Å²) in [4.78, 5) is 29.8. The van der Waals surface area contributed by atoms with E-state index in [1.165, 1.54) is 37.6 Å². The number of esters is 1. The van der Waals surface area contributed by atoms with Gasteiger partial charge in [0.05, 0.1) is 13.7 Å². The first-order chi connectivity index (χ1) is 22.6. The maximum Gasteiger partial charge on any atom is 0.342 e. The Morgan fingerprint density at radius 2 is 1.39 bits per heavy atom. The van der Waals surface area contributed by atoms with Crippen molar-refractivity contribution < 1.29 is 19.1 Å². The van der Waals surface area contributed by atoms with Crippen molar-refractivity contribution in [2.45, 2.75) is 32.1 Å². The minimum atomic E-state index is -0.604. The van der Waals surface area contributed by atoms with Crippen LogP contribution in [0.5, 0.6) is 0 Å². The summed E-state index contributed by atoms with van der Waals surface area (Å²) in [5.41, 5.74) is 6.92. The van der Waals surface area contributed by atoms with Crippen molar-refractivity contribution in [2.75, 3.05) is 31.7 Å². The van der Waals surface area contributed by atoms with Gasteiger partial charge in [0.25, 0.3) is 0 Å². The molecule has 0 atom stereocenters. The van der Waals surface area contributed by atoms with Crippen LogP contribution in [-0.4, -0.2) is 38.6 Å². The van der Waals surface area contributed by atoms with E-state index in [2.05, 4.69) is 53.4 Å². The third kappa shape index (κ3) is 6.89. The van der Waals surface area contributed by atoms with Crippen LogP contribution in [0.1, 0.15) is 58.3 Å². The monoisotopic (exact) mass is 609 g/mol. The number of anilines is 1. The van der Waals surface area contributed by atoms with E-state index in [1.54, 1.807) is 12.1 Å². The molecule has 0 aromatic heterocycles. The van der Waals surface area contributed by atoms with Crippen LogP contribution in [0.25, 0.3) is 11.3 Å². The van der Waals surface area contributed by atoms with E-state index in [0.29, 0.717) is 23.5 Å². The second-order valence-electron chi connectivity index (χ2n) is 11.6. The average molecular weight is 610 g/mol. The molecule has 5 heteroatoms. The molecule has 0 N–H and O–H groups in total. The van der Waals surface area contributed by atoms with Crippen LogP contribution in [0.4, 0.5) is 5.69 Å². The van der Waals surface area contributed by atoms with E-state index in [0.717, 1.165) is 42.6 Å². The van der Waals surface area contributed by atoms with Crippen molar-refractivity contribution in [2.24, 2.45) is 0 Å². The number of nitrogens with zero attached hydrogens (tertiary/aromatic N) is 1. The first kappa shape index (κ1) is 30.8. The number of aryl methyl sites for hydroxylation is 1. The van der Waals surface area contributed by atoms with Crippen molar-refractivity contribution in [3.8, 4) is 0 Å². The zero-order valence-electron chi connectivity index (χ0n) is 26.3. The summed E-state index contributed by atoms with van der Waals surface area (Å²) in [5, 5.41) is 0. The highest BCUT2D eigenvalue weighted by Crippen LogP contribution is 2.37. The predicted octanol–water partition coefficient (Wildman–Crippen LogP) is 8.47. The summed E-state index contributed by atoms with van der Waals surface area (Å²) in [7, 11) is 1.33. The van der Waals surface area contributed by atoms with E-state index in [9.17, 15) is 9.59 Å². The molecule has 4 aromatic carbocycles. The molecule has 1 heterocycles. The van der Waals surface area contributed by atoms with Gasteiger partial charge in [-0.15, -0.1) is 0 Å². The Bertz CT molecular complexity index is 1760. The van der Waals surface area contributed by atoms with Crippen LogP contribution in [0.2, 0.25) is 0 Å². The third-order valence-corrected chi connectivity index (χ3v) is 8.65. The quantitative estimate of drug-likeness (QED) is 0.103. The maximum absolute atomic E-state index is 14.0. The van der Waals surface area contributed by atoms with E-state index in [1.807, 2.05) is 60.7 Å². The highest BCUT2D eigenvalue weighted by Gasteiger charge is 2.35. The molecule has 232 valence electrons.